The largest absolute Gasteiger partial charge is 0.398 e. The number of rotatable bonds is 5. The molecule has 0 aliphatic heterocycles. The van der Waals surface area contributed by atoms with Crippen LogP contribution in [0.5, 0.6) is 0 Å². The van der Waals surface area contributed by atoms with Crippen molar-refractivity contribution in [1.29, 1.82) is 0 Å². The third kappa shape index (κ3) is 3.38. The van der Waals surface area contributed by atoms with Crippen LogP contribution in [-0.2, 0) is 10.0 Å². The van der Waals surface area contributed by atoms with Crippen molar-refractivity contribution in [3.8, 4) is 0 Å². The Morgan fingerprint density at radius 1 is 1.40 bits per heavy atom. The molecule has 0 fully saturated rings. The molecule has 4 N–H and O–H groups in total. The second kappa shape index (κ2) is 5.94. The van der Waals surface area contributed by atoms with Crippen LogP contribution < -0.4 is 15.8 Å². The molecule has 0 unspecified atom stereocenters. The Morgan fingerprint density at radius 3 is 2.85 bits per heavy atom. The van der Waals surface area contributed by atoms with Gasteiger partial charge in [-0.05, 0) is 41.2 Å². The molecule has 0 aliphatic rings. The Labute approximate surface area is 125 Å². The van der Waals surface area contributed by atoms with E-state index in [4.69, 9.17) is 5.73 Å². The standard InChI is InChI=1S/C12H15BrN4O2S/c1-15-20(18,19)5-4-16-11-3-2-10(14)9-6-8(13)7-17-12(9)11/h2-3,6-7,15-16H,4-5,14H2,1H3. The highest BCUT2D eigenvalue weighted by molar-refractivity contribution is 9.10. The zero-order chi connectivity index (χ0) is 14.8. The van der Waals surface area contributed by atoms with Gasteiger partial charge in [0.25, 0.3) is 0 Å². The summed E-state index contributed by atoms with van der Waals surface area (Å²) in [4.78, 5) is 4.32. The molecule has 0 aliphatic carbocycles. The monoisotopic (exact) mass is 358 g/mol. The minimum atomic E-state index is -3.22. The molecule has 20 heavy (non-hydrogen) atoms. The first-order chi connectivity index (χ1) is 9.43. The molecule has 2 aromatic rings. The Balaban J connectivity index is 2.25. The van der Waals surface area contributed by atoms with E-state index in [-0.39, 0.29) is 5.75 Å². The summed E-state index contributed by atoms with van der Waals surface area (Å²) in [6.07, 6.45) is 1.68. The number of hydrogen-bond acceptors (Lipinski definition) is 5. The van der Waals surface area contributed by atoms with Crippen LogP contribution in [0.25, 0.3) is 10.9 Å². The van der Waals surface area contributed by atoms with Gasteiger partial charge in [0, 0.05) is 28.3 Å². The van der Waals surface area contributed by atoms with Gasteiger partial charge in [-0.1, -0.05) is 0 Å². The first-order valence-electron chi connectivity index (χ1n) is 5.92. The van der Waals surface area contributed by atoms with Crippen molar-refractivity contribution in [2.24, 2.45) is 0 Å². The Bertz CT molecular complexity index is 734. The number of nitrogens with zero attached hydrogens (tertiary/aromatic N) is 1. The van der Waals surface area contributed by atoms with E-state index in [1.165, 1.54) is 7.05 Å². The second-order valence-electron chi connectivity index (χ2n) is 4.20. The molecule has 0 saturated carbocycles. The van der Waals surface area contributed by atoms with Gasteiger partial charge in [0.2, 0.25) is 10.0 Å². The van der Waals surface area contributed by atoms with E-state index in [0.717, 1.165) is 21.1 Å². The first-order valence-corrected chi connectivity index (χ1v) is 8.36. The van der Waals surface area contributed by atoms with Crippen LogP contribution in [0.15, 0.2) is 28.9 Å². The SMILES string of the molecule is CNS(=O)(=O)CCNc1ccc(N)c2cc(Br)cnc12. The fourth-order valence-electron chi connectivity index (χ4n) is 1.78. The maximum Gasteiger partial charge on any atom is 0.213 e. The van der Waals surface area contributed by atoms with E-state index in [1.807, 2.05) is 6.07 Å². The van der Waals surface area contributed by atoms with Crippen LogP contribution in [0.4, 0.5) is 11.4 Å². The van der Waals surface area contributed by atoms with Crippen LogP contribution in [0.2, 0.25) is 0 Å². The predicted octanol–water partition coefficient (Wildman–Crippen LogP) is 1.54. The predicted molar refractivity (Wildman–Crippen MR) is 85.2 cm³/mol. The number of benzene rings is 1. The molecule has 6 nitrogen and oxygen atoms in total. The van der Waals surface area contributed by atoms with Crippen LogP contribution in [0.1, 0.15) is 0 Å². The number of hydrogen-bond donors (Lipinski definition) is 3. The molecular weight excluding hydrogens is 344 g/mol. The van der Waals surface area contributed by atoms with Crippen molar-refractivity contribution in [1.82, 2.24) is 9.71 Å². The summed E-state index contributed by atoms with van der Waals surface area (Å²) < 4.78 is 25.8. The van der Waals surface area contributed by atoms with Crippen molar-refractivity contribution in [3.63, 3.8) is 0 Å². The van der Waals surface area contributed by atoms with Gasteiger partial charge < -0.3 is 11.1 Å². The number of halogens is 1. The molecule has 1 aromatic carbocycles. The quantitative estimate of drug-likeness (QED) is 0.704. The van der Waals surface area contributed by atoms with Crippen LogP contribution >= 0.6 is 15.9 Å². The van der Waals surface area contributed by atoms with Gasteiger partial charge in [-0.2, -0.15) is 0 Å². The molecule has 0 saturated heterocycles. The summed E-state index contributed by atoms with van der Waals surface area (Å²) in [5, 5.41) is 3.89. The molecule has 0 bridgehead atoms. The first kappa shape index (κ1) is 15.0. The van der Waals surface area contributed by atoms with Crippen molar-refractivity contribution >= 4 is 48.2 Å². The molecule has 8 heteroatoms. The summed E-state index contributed by atoms with van der Waals surface area (Å²) >= 11 is 3.35. The number of nitrogens with two attached hydrogens (primary N) is 1. The highest BCUT2D eigenvalue weighted by Gasteiger charge is 2.09. The van der Waals surface area contributed by atoms with E-state index >= 15 is 0 Å². The molecule has 1 heterocycles. The summed E-state index contributed by atoms with van der Waals surface area (Å²) in [5.74, 6) is -0.00804. The van der Waals surface area contributed by atoms with Crippen molar-refractivity contribution in [3.05, 3.63) is 28.9 Å². The van der Waals surface area contributed by atoms with E-state index in [2.05, 4.69) is 31.0 Å². The third-order valence-electron chi connectivity index (χ3n) is 2.85. The Hall–Kier alpha value is -1.38. The minimum Gasteiger partial charge on any atom is -0.398 e. The van der Waals surface area contributed by atoms with Gasteiger partial charge in [0.15, 0.2) is 0 Å². The average Bonchev–Trinajstić information content (AvgIpc) is 2.41. The maximum atomic E-state index is 11.4. The van der Waals surface area contributed by atoms with Crippen molar-refractivity contribution in [2.45, 2.75) is 0 Å². The number of sulfonamides is 1. The van der Waals surface area contributed by atoms with Gasteiger partial charge in [0.1, 0.15) is 0 Å². The Kier molecular flexibility index (Phi) is 4.46. The van der Waals surface area contributed by atoms with E-state index < -0.39 is 10.0 Å². The van der Waals surface area contributed by atoms with Gasteiger partial charge in [-0.25, -0.2) is 13.1 Å². The lowest BCUT2D eigenvalue weighted by atomic mass is 10.1. The Morgan fingerprint density at radius 2 is 2.15 bits per heavy atom. The minimum absolute atomic E-state index is 0.00804. The summed E-state index contributed by atoms with van der Waals surface area (Å²) in [7, 11) is -1.83. The molecular formula is C12H15BrN4O2S. The highest BCUT2D eigenvalue weighted by atomic mass is 79.9. The maximum absolute atomic E-state index is 11.4. The lowest BCUT2D eigenvalue weighted by Crippen LogP contribution is -2.26. The molecule has 0 amide bonds. The molecule has 2 rings (SSSR count). The number of aromatic nitrogens is 1. The summed E-state index contributed by atoms with van der Waals surface area (Å²) in [5.41, 5.74) is 8.02. The van der Waals surface area contributed by atoms with E-state index in [1.54, 1.807) is 18.3 Å². The molecule has 0 radical (unpaired) electrons. The topological polar surface area (TPSA) is 97.1 Å². The number of pyridine rings is 1. The van der Waals surface area contributed by atoms with Crippen molar-refractivity contribution < 1.29 is 8.42 Å². The summed E-state index contributed by atoms with van der Waals surface area (Å²) in [6, 6.07) is 5.45. The van der Waals surface area contributed by atoms with E-state index in [9.17, 15) is 8.42 Å². The fourth-order valence-corrected chi connectivity index (χ4v) is 2.69. The molecule has 0 atom stereocenters. The van der Waals surface area contributed by atoms with Gasteiger partial charge in [-0.15, -0.1) is 0 Å². The number of nitrogens with one attached hydrogen (secondary N) is 2. The normalized spacial score (nSPS) is 11.7. The number of anilines is 2. The molecule has 1 aromatic heterocycles. The van der Waals surface area contributed by atoms with Crippen LogP contribution in [-0.4, -0.2) is 32.7 Å². The smallest absolute Gasteiger partial charge is 0.213 e. The van der Waals surface area contributed by atoms with Gasteiger partial charge >= 0.3 is 0 Å². The second-order valence-corrected chi connectivity index (χ2v) is 7.16. The lowest BCUT2D eigenvalue weighted by Gasteiger charge is -2.11. The number of nitrogen functional groups attached to an aromatic ring is 1. The van der Waals surface area contributed by atoms with Crippen LogP contribution in [0, 0.1) is 0 Å². The fraction of sp³-hybridized carbons (Fsp3) is 0.250. The van der Waals surface area contributed by atoms with Crippen LogP contribution in [0.3, 0.4) is 0 Å². The van der Waals surface area contributed by atoms with Crippen molar-refractivity contribution in [2.75, 3.05) is 30.4 Å². The zero-order valence-electron chi connectivity index (χ0n) is 10.9. The zero-order valence-corrected chi connectivity index (χ0v) is 13.3. The van der Waals surface area contributed by atoms with Gasteiger partial charge in [-0.3, -0.25) is 4.98 Å². The average molecular weight is 359 g/mol. The number of fused-ring (bicyclic) bond motifs is 1. The van der Waals surface area contributed by atoms with Gasteiger partial charge in [0.05, 0.1) is 17.0 Å². The third-order valence-corrected chi connectivity index (χ3v) is 4.64. The molecule has 0 spiro atoms. The highest BCUT2D eigenvalue weighted by Crippen LogP contribution is 2.28. The van der Waals surface area contributed by atoms with E-state index in [0.29, 0.717) is 12.2 Å². The lowest BCUT2D eigenvalue weighted by molar-refractivity contribution is 0.588. The summed E-state index contributed by atoms with van der Waals surface area (Å²) in [6.45, 7) is 0.292. The molecule has 108 valence electrons.